The quantitative estimate of drug-likeness (QED) is 0.826. The van der Waals surface area contributed by atoms with Crippen LogP contribution in [0.2, 0.25) is 0 Å². The molecule has 1 aromatic heterocycles. The van der Waals surface area contributed by atoms with Crippen molar-refractivity contribution in [2.45, 2.75) is 26.2 Å². The van der Waals surface area contributed by atoms with Gasteiger partial charge in [-0.15, -0.1) is 0 Å². The van der Waals surface area contributed by atoms with Gasteiger partial charge < -0.3 is 14.8 Å². The van der Waals surface area contributed by atoms with E-state index in [0.29, 0.717) is 0 Å². The largest absolute Gasteiger partial charge is 0.338 e. The van der Waals surface area contributed by atoms with Crippen molar-refractivity contribution in [3.05, 3.63) is 18.2 Å². The van der Waals surface area contributed by atoms with Gasteiger partial charge in [0.2, 0.25) is 0 Å². The Kier molecular flexibility index (Phi) is 5.20. The summed E-state index contributed by atoms with van der Waals surface area (Å²) in [6.07, 6.45) is 7.68. The van der Waals surface area contributed by atoms with Gasteiger partial charge in [0, 0.05) is 39.0 Å². The maximum Gasteiger partial charge on any atom is 0.109 e. The van der Waals surface area contributed by atoms with Crippen LogP contribution >= 0.6 is 0 Å². The van der Waals surface area contributed by atoms with Crippen molar-refractivity contribution in [1.29, 1.82) is 0 Å². The summed E-state index contributed by atoms with van der Waals surface area (Å²) in [5.41, 5.74) is 0. The third-order valence-electron chi connectivity index (χ3n) is 3.94. The average molecular weight is 250 g/mol. The van der Waals surface area contributed by atoms with Crippen LogP contribution in [0.4, 0.5) is 0 Å². The summed E-state index contributed by atoms with van der Waals surface area (Å²) < 4.78 is 2.12. The number of rotatable bonds is 6. The van der Waals surface area contributed by atoms with Crippen LogP contribution in [0.3, 0.4) is 0 Å². The monoisotopic (exact) mass is 250 g/mol. The third kappa shape index (κ3) is 3.82. The fourth-order valence-corrected chi connectivity index (χ4v) is 2.72. The number of aromatic nitrogens is 2. The molecule has 0 spiro atoms. The van der Waals surface area contributed by atoms with Gasteiger partial charge in [-0.3, -0.25) is 0 Å². The zero-order valence-electron chi connectivity index (χ0n) is 11.7. The lowest BCUT2D eigenvalue weighted by Gasteiger charge is -2.29. The number of imidazole rings is 1. The van der Waals surface area contributed by atoms with Crippen LogP contribution in [0, 0.1) is 5.92 Å². The summed E-state index contributed by atoms with van der Waals surface area (Å²) >= 11 is 0. The Morgan fingerprint density at radius 3 is 3.06 bits per heavy atom. The van der Waals surface area contributed by atoms with Crippen molar-refractivity contribution >= 4 is 0 Å². The normalized spacial score (nSPS) is 20.5. The maximum absolute atomic E-state index is 4.39. The molecule has 2 heterocycles. The molecule has 2 rings (SSSR count). The van der Waals surface area contributed by atoms with E-state index in [-0.39, 0.29) is 0 Å². The summed E-state index contributed by atoms with van der Waals surface area (Å²) in [4.78, 5) is 6.95. The number of nitrogens with zero attached hydrogens (tertiary/aromatic N) is 3. The second-order valence-corrected chi connectivity index (χ2v) is 5.31. The summed E-state index contributed by atoms with van der Waals surface area (Å²) in [7, 11) is 2.07. The van der Waals surface area contributed by atoms with Gasteiger partial charge in [0.15, 0.2) is 0 Å². The Morgan fingerprint density at radius 1 is 1.56 bits per heavy atom. The molecule has 102 valence electrons. The van der Waals surface area contributed by atoms with Gasteiger partial charge in [0.05, 0.1) is 0 Å². The van der Waals surface area contributed by atoms with E-state index in [0.717, 1.165) is 25.4 Å². The van der Waals surface area contributed by atoms with E-state index in [1.807, 2.05) is 12.4 Å². The molecular formula is C14H26N4. The minimum Gasteiger partial charge on any atom is -0.338 e. The maximum atomic E-state index is 4.39. The van der Waals surface area contributed by atoms with Crippen LogP contribution in [-0.2, 0) is 13.5 Å². The molecule has 1 unspecified atom stereocenters. The van der Waals surface area contributed by atoms with Gasteiger partial charge in [-0.2, -0.15) is 0 Å². The summed E-state index contributed by atoms with van der Waals surface area (Å²) in [6.45, 7) is 8.15. The molecule has 18 heavy (non-hydrogen) atoms. The first kappa shape index (κ1) is 13.6. The van der Waals surface area contributed by atoms with E-state index in [9.17, 15) is 0 Å². The molecule has 0 aliphatic carbocycles. The number of likely N-dealkylation sites (N-methyl/N-ethyl adjacent to an activating group) is 1. The van der Waals surface area contributed by atoms with Crippen LogP contribution in [0.15, 0.2) is 12.4 Å². The fourth-order valence-electron chi connectivity index (χ4n) is 2.72. The van der Waals surface area contributed by atoms with E-state index < -0.39 is 0 Å². The van der Waals surface area contributed by atoms with Crippen molar-refractivity contribution in [3.8, 4) is 0 Å². The Morgan fingerprint density at radius 2 is 2.44 bits per heavy atom. The fraction of sp³-hybridized carbons (Fsp3) is 0.786. The molecule has 0 bridgehead atoms. The molecular weight excluding hydrogens is 224 g/mol. The smallest absolute Gasteiger partial charge is 0.109 e. The number of nitrogens with one attached hydrogen (secondary N) is 1. The molecule has 1 saturated heterocycles. The van der Waals surface area contributed by atoms with Crippen molar-refractivity contribution in [3.63, 3.8) is 0 Å². The standard InChI is InChI=1S/C14H26N4/c1-3-18(12-13-5-4-7-15-11-13)9-6-14-16-8-10-17(14)2/h8,10,13,15H,3-7,9,11-12H2,1-2H3. The average Bonchev–Trinajstić information content (AvgIpc) is 2.81. The molecule has 1 aliphatic heterocycles. The van der Waals surface area contributed by atoms with Crippen molar-refractivity contribution < 1.29 is 0 Å². The molecule has 1 aliphatic rings. The predicted octanol–water partition coefficient (Wildman–Crippen LogP) is 1.28. The van der Waals surface area contributed by atoms with Crippen LogP contribution in [0.1, 0.15) is 25.6 Å². The molecule has 4 heteroatoms. The molecule has 1 atom stereocenters. The van der Waals surface area contributed by atoms with Crippen LogP contribution < -0.4 is 5.32 Å². The van der Waals surface area contributed by atoms with Gasteiger partial charge in [0.25, 0.3) is 0 Å². The van der Waals surface area contributed by atoms with Gasteiger partial charge in [-0.05, 0) is 38.4 Å². The molecule has 0 aromatic carbocycles. The highest BCUT2D eigenvalue weighted by molar-refractivity contribution is 4.91. The molecule has 0 radical (unpaired) electrons. The second-order valence-electron chi connectivity index (χ2n) is 5.31. The van der Waals surface area contributed by atoms with Gasteiger partial charge in [-0.25, -0.2) is 4.98 Å². The van der Waals surface area contributed by atoms with Gasteiger partial charge >= 0.3 is 0 Å². The van der Waals surface area contributed by atoms with Crippen LogP contribution in [0.5, 0.6) is 0 Å². The molecule has 1 N–H and O–H groups in total. The minimum atomic E-state index is 0.833. The molecule has 4 nitrogen and oxygen atoms in total. The van der Waals surface area contributed by atoms with E-state index in [1.165, 1.54) is 38.3 Å². The Balaban J connectivity index is 1.76. The van der Waals surface area contributed by atoms with Crippen molar-refractivity contribution in [1.82, 2.24) is 19.8 Å². The highest BCUT2D eigenvalue weighted by Crippen LogP contribution is 2.12. The first-order valence-corrected chi connectivity index (χ1v) is 7.19. The summed E-state index contributed by atoms with van der Waals surface area (Å²) in [5.74, 6) is 2.02. The SMILES string of the molecule is CCN(CCc1nccn1C)CC1CCCNC1. The molecule has 0 amide bonds. The van der Waals surface area contributed by atoms with E-state index in [4.69, 9.17) is 0 Å². The van der Waals surface area contributed by atoms with Crippen molar-refractivity contribution in [2.75, 3.05) is 32.7 Å². The van der Waals surface area contributed by atoms with Gasteiger partial charge in [0.1, 0.15) is 5.82 Å². The van der Waals surface area contributed by atoms with E-state index >= 15 is 0 Å². The Labute approximate surface area is 110 Å². The summed E-state index contributed by atoms with van der Waals surface area (Å²) in [5, 5.41) is 3.50. The van der Waals surface area contributed by atoms with E-state index in [2.05, 4.69) is 33.7 Å². The Hall–Kier alpha value is -0.870. The predicted molar refractivity (Wildman–Crippen MR) is 74.6 cm³/mol. The topological polar surface area (TPSA) is 33.1 Å². The lowest BCUT2D eigenvalue weighted by Crippen LogP contribution is -2.39. The zero-order chi connectivity index (χ0) is 12.8. The number of aryl methyl sites for hydroxylation is 1. The summed E-state index contributed by atoms with van der Waals surface area (Å²) in [6, 6.07) is 0. The third-order valence-corrected chi connectivity index (χ3v) is 3.94. The molecule has 0 saturated carbocycles. The lowest BCUT2D eigenvalue weighted by molar-refractivity contribution is 0.217. The van der Waals surface area contributed by atoms with Crippen LogP contribution in [0.25, 0.3) is 0 Å². The second kappa shape index (κ2) is 6.90. The van der Waals surface area contributed by atoms with Crippen LogP contribution in [-0.4, -0.2) is 47.2 Å². The Bertz CT molecular complexity index is 341. The molecule has 1 fully saturated rings. The highest BCUT2D eigenvalue weighted by Gasteiger charge is 2.16. The lowest BCUT2D eigenvalue weighted by atomic mass is 9.99. The first-order valence-electron chi connectivity index (χ1n) is 7.19. The number of piperidine rings is 1. The van der Waals surface area contributed by atoms with Crippen molar-refractivity contribution in [2.24, 2.45) is 13.0 Å². The number of hydrogen-bond acceptors (Lipinski definition) is 3. The van der Waals surface area contributed by atoms with E-state index in [1.54, 1.807) is 0 Å². The first-order chi connectivity index (χ1) is 8.79. The number of hydrogen-bond donors (Lipinski definition) is 1. The minimum absolute atomic E-state index is 0.833. The van der Waals surface area contributed by atoms with Gasteiger partial charge in [-0.1, -0.05) is 6.92 Å². The molecule has 1 aromatic rings. The zero-order valence-corrected chi connectivity index (χ0v) is 11.7. The highest BCUT2D eigenvalue weighted by atomic mass is 15.1.